The highest BCUT2D eigenvalue weighted by molar-refractivity contribution is 6.05. The van der Waals surface area contributed by atoms with Crippen LogP contribution in [0.3, 0.4) is 0 Å². The van der Waals surface area contributed by atoms with Gasteiger partial charge in [0.2, 0.25) is 0 Å². The van der Waals surface area contributed by atoms with Gasteiger partial charge in [0.15, 0.2) is 0 Å². The lowest BCUT2D eigenvalue weighted by molar-refractivity contribution is 0.635. The molecule has 1 atom stereocenters. The van der Waals surface area contributed by atoms with Gasteiger partial charge in [-0.05, 0) is 125 Å². The van der Waals surface area contributed by atoms with Crippen LogP contribution in [-0.2, 0) is 0 Å². The Balaban J connectivity index is 2.30. The molecule has 4 aromatic rings. The van der Waals surface area contributed by atoms with Crippen molar-refractivity contribution in [2.45, 2.75) is 60.8 Å². The third-order valence-corrected chi connectivity index (χ3v) is 7.56. The SMILES string of the molecule is C/C=C\C(=C/C(C)CCC)c1c(=C/C(=C(\C)CC)c2ccncc2)/c(=C\C)c(-c2ccncc2)c2ccncc12. The lowest BCUT2D eigenvalue weighted by atomic mass is 9.86. The predicted octanol–water partition coefficient (Wildman–Crippen LogP) is 8.55. The van der Waals surface area contributed by atoms with Gasteiger partial charge in [0.05, 0.1) is 0 Å². The van der Waals surface area contributed by atoms with Crippen LogP contribution in [0.1, 0.15) is 71.9 Å². The Kier molecular flexibility index (Phi) is 9.96. The summed E-state index contributed by atoms with van der Waals surface area (Å²) < 4.78 is 0. The van der Waals surface area contributed by atoms with Crippen LogP contribution >= 0.6 is 0 Å². The molecule has 0 saturated carbocycles. The van der Waals surface area contributed by atoms with E-state index >= 15 is 0 Å². The van der Waals surface area contributed by atoms with Crippen molar-refractivity contribution in [3.8, 4) is 11.1 Å². The van der Waals surface area contributed by atoms with Gasteiger partial charge in [-0.3, -0.25) is 15.0 Å². The van der Waals surface area contributed by atoms with E-state index in [4.69, 9.17) is 0 Å². The minimum absolute atomic E-state index is 0.456. The maximum atomic E-state index is 4.64. The maximum absolute atomic E-state index is 4.64. The van der Waals surface area contributed by atoms with Crippen molar-refractivity contribution < 1.29 is 0 Å². The van der Waals surface area contributed by atoms with Crippen LogP contribution in [0.2, 0.25) is 0 Å². The molecular formula is C37H41N3. The van der Waals surface area contributed by atoms with Gasteiger partial charge in [-0.15, -0.1) is 0 Å². The van der Waals surface area contributed by atoms with Crippen LogP contribution in [0.4, 0.5) is 0 Å². The average molecular weight is 528 g/mol. The van der Waals surface area contributed by atoms with Crippen LogP contribution in [0, 0.1) is 5.92 Å². The Labute approximate surface area is 239 Å². The molecule has 4 rings (SSSR count). The normalized spacial score (nSPS) is 14.7. The van der Waals surface area contributed by atoms with Gasteiger partial charge < -0.3 is 0 Å². The second-order valence-electron chi connectivity index (χ2n) is 10.3. The maximum Gasteiger partial charge on any atom is 0.0353 e. The van der Waals surface area contributed by atoms with Crippen molar-refractivity contribution in [1.82, 2.24) is 15.0 Å². The quantitative estimate of drug-likeness (QED) is 0.205. The van der Waals surface area contributed by atoms with Crippen molar-refractivity contribution in [2.75, 3.05) is 0 Å². The van der Waals surface area contributed by atoms with Crippen molar-refractivity contribution in [1.29, 1.82) is 0 Å². The summed E-state index contributed by atoms with van der Waals surface area (Å²) in [6.45, 7) is 13.3. The van der Waals surface area contributed by atoms with Crippen LogP contribution in [-0.4, -0.2) is 15.0 Å². The van der Waals surface area contributed by atoms with E-state index in [9.17, 15) is 0 Å². The summed E-state index contributed by atoms with van der Waals surface area (Å²) in [6.07, 6.45) is 26.2. The van der Waals surface area contributed by atoms with Gasteiger partial charge >= 0.3 is 0 Å². The Morgan fingerprint density at radius 3 is 2.15 bits per heavy atom. The highest BCUT2D eigenvalue weighted by Crippen LogP contribution is 2.31. The number of pyridine rings is 3. The average Bonchev–Trinajstić information content (AvgIpc) is 2.99. The Bertz CT molecular complexity index is 1660. The number of nitrogens with zero attached hydrogens (tertiary/aromatic N) is 3. The number of allylic oxidation sites excluding steroid dienone is 6. The van der Waals surface area contributed by atoms with E-state index in [0.29, 0.717) is 5.92 Å². The van der Waals surface area contributed by atoms with E-state index in [0.717, 1.165) is 30.2 Å². The molecule has 0 bridgehead atoms. The lowest BCUT2D eigenvalue weighted by Gasteiger charge is -2.18. The minimum atomic E-state index is 0.456. The second-order valence-corrected chi connectivity index (χ2v) is 10.3. The zero-order chi connectivity index (χ0) is 28.5. The fraction of sp³-hybridized carbons (Fsp3) is 0.270. The number of aromatic nitrogens is 3. The first-order chi connectivity index (χ1) is 19.5. The molecule has 3 heteroatoms. The van der Waals surface area contributed by atoms with Gasteiger partial charge in [-0.25, -0.2) is 0 Å². The van der Waals surface area contributed by atoms with E-state index in [1.807, 2.05) is 37.2 Å². The Morgan fingerprint density at radius 1 is 0.850 bits per heavy atom. The van der Waals surface area contributed by atoms with Crippen molar-refractivity contribution in [2.24, 2.45) is 5.92 Å². The summed E-state index contributed by atoms with van der Waals surface area (Å²) in [5, 5.41) is 4.78. The van der Waals surface area contributed by atoms with Crippen LogP contribution in [0.5, 0.6) is 0 Å². The van der Waals surface area contributed by atoms with E-state index < -0.39 is 0 Å². The summed E-state index contributed by atoms with van der Waals surface area (Å²) in [4.78, 5) is 13.2. The molecule has 0 radical (unpaired) electrons. The van der Waals surface area contributed by atoms with Gasteiger partial charge in [0.25, 0.3) is 0 Å². The fourth-order valence-corrected chi connectivity index (χ4v) is 5.53. The monoisotopic (exact) mass is 527 g/mol. The number of hydrogen-bond donors (Lipinski definition) is 0. The molecule has 0 saturated heterocycles. The highest BCUT2D eigenvalue weighted by Gasteiger charge is 2.17. The summed E-state index contributed by atoms with van der Waals surface area (Å²) in [6, 6.07) is 10.6. The third kappa shape index (κ3) is 6.20. The van der Waals surface area contributed by atoms with E-state index in [1.54, 1.807) is 0 Å². The topological polar surface area (TPSA) is 38.7 Å². The minimum Gasteiger partial charge on any atom is -0.265 e. The molecule has 204 valence electrons. The smallest absolute Gasteiger partial charge is 0.0353 e. The molecule has 3 nitrogen and oxygen atoms in total. The van der Waals surface area contributed by atoms with Crippen LogP contribution < -0.4 is 10.4 Å². The standard InChI is InChI=1S/C37H41N3/c1-7-11-26(5)23-30(12-8-2)37-34(24-33(27(6)9-3)28-13-18-38-19-14-28)31(10-4)36(29-15-20-39-21-16-29)32-17-22-40-25-35(32)37/h8,10,12-26H,7,9,11H2,1-6H3/b12-8-,30-23+,31-10+,33-27-,34-24+. The van der Waals surface area contributed by atoms with Crippen molar-refractivity contribution in [3.05, 3.63) is 113 Å². The summed E-state index contributed by atoms with van der Waals surface area (Å²) in [5.41, 5.74) is 8.58. The Hall–Kier alpha value is -4.11. The molecular weight excluding hydrogens is 486 g/mol. The molecule has 40 heavy (non-hydrogen) atoms. The molecule has 1 unspecified atom stereocenters. The first kappa shape index (κ1) is 28.9. The number of benzene rings is 1. The summed E-state index contributed by atoms with van der Waals surface area (Å²) >= 11 is 0. The van der Waals surface area contributed by atoms with Gasteiger partial charge in [-0.1, -0.05) is 57.1 Å². The lowest BCUT2D eigenvalue weighted by Crippen LogP contribution is -2.31. The largest absolute Gasteiger partial charge is 0.265 e. The first-order valence-corrected chi connectivity index (χ1v) is 14.5. The van der Waals surface area contributed by atoms with E-state index in [1.165, 1.54) is 49.2 Å². The highest BCUT2D eigenvalue weighted by atomic mass is 14.6. The van der Waals surface area contributed by atoms with Crippen molar-refractivity contribution in [3.63, 3.8) is 0 Å². The molecule has 0 spiro atoms. The molecule has 1 aromatic carbocycles. The summed E-state index contributed by atoms with van der Waals surface area (Å²) in [7, 11) is 0. The zero-order valence-electron chi connectivity index (χ0n) is 24.8. The van der Waals surface area contributed by atoms with Crippen molar-refractivity contribution >= 4 is 34.1 Å². The van der Waals surface area contributed by atoms with Crippen LogP contribution in [0.15, 0.2) is 91.3 Å². The van der Waals surface area contributed by atoms with Gasteiger partial charge in [0, 0.05) is 42.6 Å². The third-order valence-electron chi connectivity index (χ3n) is 7.56. The zero-order valence-corrected chi connectivity index (χ0v) is 24.8. The second kappa shape index (κ2) is 13.8. The van der Waals surface area contributed by atoms with Gasteiger partial charge in [0.1, 0.15) is 0 Å². The predicted molar refractivity (Wildman–Crippen MR) is 173 cm³/mol. The fourth-order valence-electron chi connectivity index (χ4n) is 5.53. The molecule has 3 heterocycles. The molecule has 0 fully saturated rings. The molecule has 0 aliphatic carbocycles. The van der Waals surface area contributed by atoms with E-state index in [-0.39, 0.29) is 0 Å². The molecule has 0 aliphatic heterocycles. The van der Waals surface area contributed by atoms with Crippen LogP contribution in [0.25, 0.3) is 45.2 Å². The summed E-state index contributed by atoms with van der Waals surface area (Å²) in [5.74, 6) is 0.456. The van der Waals surface area contributed by atoms with Gasteiger partial charge in [-0.2, -0.15) is 0 Å². The molecule has 0 N–H and O–H groups in total. The number of fused-ring (bicyclic) bond motifs is 1. The molecule has 0 amide bonds. The number of hydrogen-bond acceptors (Lipinski definition) is 3. The molecule has 3 aromatic heterocycles. The Morgan fingerprint density at radius 2 is 1.52 bits per heavy atom. The molecule has 0 aliphatic rings. The first-order valence-electron chi connectivity index (χ1n) is 14.5. The number of rotatable bonds is 9. The van der Waals surface area contributed by atoms with E-state index in [2.05, 4.69) is 117 Å².